The third kappa shape index (κ3) is 4.79. The molecule has 0 fully saturated rings. The van der Waals surface area contributed by atoms with Crippen molar-refractivity contribution in [1.82, 2.24) is 5.32 Å². The average molecular weight is 278 g/mol. The number of azide groups is 1. The molecule has 1 aromatic rings. The Labute approximate surface area is 117 Å². The molecule has 108 valence electrons. The van der Waals surface area contributed by atoms with Gasteiger partial charge in [-0.1, -0.05) is 17.2 Å². The zero-order valence-electron chi connectivity index (χ0n) is 11.6. The van der Waals surface area contributed by atoms with Gasteiger partial charge in [-0.25, -0.2) is 4.79 Å². The van der Waals surface area contributed by atoms with Crippen LogP contribution in [0.2, 0.25) is 0 Å². The van der Waals surface area contributed by atoms with Crippen LogP contribution < -0.4 is 10.1 Å². The zero-order chi connectivity index (χ0) is 14.8. The fourth-order valence-electron chi connectivity index (χ4n) is 1.69. The summed E-state index contributed by atoms with van der Waals surface area (Å²) in [6.45, 7) is 2.69. The molecular formula is C13H18N4O3. The van der Waals surface area contributed by atoms with Crippen molar-refractivity contribution < 1.29 is 14.3 Å². The average Bonchev–Trinajstić information content (AvgIpc) is 2.47. The van der Waals surface area contributed by atoms with Crippen molar-refractivity contribution in [3.8, 4) is 5.75 Å². The van der Waals surface area contributed by atoms with Crippen LogP contribution >= 0.6 is 0 Å². The number of benzene rings is 1. The minimum absolute atomic E-state index is 0.260. The number of rotatable bonds is 8. The lowest BCUT2D eigenvalue weighted by Crippen LogP contribution is -2.32. The van der Waals surface area contributed by atoms with Gasteiger partial charge < -0.3 is 14.8 Å². The third-order valence-corrected chi connectivity index (χ3v) is 2.57. The molecule has 0 heterocycles. The maximum atomic E-state index is 12.0. The van der Waals surface area contributed by atoms with Gasteiger partial charge in [0.2, 0.25) is 0 Å². The van der Waals surface area contributed by atoms with E-state index < -0.39 is 6.04 Å². The van der Waals surface area contributed by atoms with Gasteiger partial charge >= 0.3 is 5.97 Å². The fraction of sp³-hybridized carbons (Fsp3) is 0.462. The molecule has 1 unspecified atom stereocenters. The lowest BCUT2D eigenvalue weighted by atomic mass is 10.1. The summed E-state index contributed by atoms with van der Waals surface area (Å²) in [4.78, 5) is 14.6. The summed E-state index contributed by atoms with van der Waals surface area (Å²) < 4.78 is 10.2. The predicted molar refractivity (Wildman–Crippen MR) is 74.4 cm³/mol. The van der Waals surface area contributed by atoms with E-state index in [-0.39, 0.29) is 12.5 Å². The predicted octanol–water partition coefficient (Wildman–Crippen LogP) is 2.20. The molecule has 7 heteroatoms. The maximum Gasteiger partial charge on any atom is 0.327 e. The number of hydrogen-bond donors (Lipinski definition) is 1. The standard InChI is InChI=1S/C13H18N4O3/c1-3-20-13(18)12(15-7-8-16-17-14)10-5-4-6-11(9-10)19-2/h4-6,9,12,15H,3,7-8H2,1-2H3. The van der Waals surface area contributed by atoms with Crippen molar-refractivity contribution in [1.29, 1.82) is 0 Å². The van der Waals surface area contributed by atoms with E-state index in [2.05, 4.69) is 15.3 Å². The number of nitrogens with one attached hydrogen (secondary N) is 1. The van der Waals surface area contributed by atoms with Gasteiger partial charge in [-0.15, -0.1) is 0 Å². The van der Waals surface area contributed by atoms with E-state index in [0.717, 1.165) is 5.56 Å². The molecule has 0 radical (unpaired) electrons. The highest BCUT2D eigenvalue weighted by atomic mass is 16.5. The lowest BCUT2D eigenvalue weighted by Gasteiger charge is -2.17. The molecule has 0 bridgehead atoms. The van der Waals surface area contributed by atoms with Crippen LogP contribution in [0, 0.1) is 0 Å². The van der Waals surface area contributed by atoms with Crippen LogP contribution in [0.1, 0.15) is 18.5 Å². The Balaban J connectivity index is 2.84. The Morgan fingerprint density at radius 1 is 1.55 bits per heavy atom. The van der Waals surface area contributed by atoms with Crippen LogP contribution in [0.3, 0.4) is 0 Å². The molecule has 7 nitrogen and oxygen atoms in total. The molecular weight excluding hydrogens is 260 g/mol. The summed E-state index contributed by atoms with van der Waals surface area (Å²) in [7, 11) is 1.56. The van der Waals surface area contributed by atoms with Gasteiger partial charge in [-0.2, -0.15) is 0 Å². The second-order valence-electron chi connectivity index (χ2n) is 3.87. The summed E-state index contributed by atoms with van der Waals surface area (Å²) in [6, 6.07) is 6.56. The maximum absolute atomic E-state index is 12.0. The normalized spacial score (nSPS) is 11.3. The zero-order valence-corrected chi connectivity index (χ0v) is 11.6. The Hall–Kier alpha value is -2.24. The first kappa shape index (κ1) is 15.8. The van der Waals surface area contributed by atoms with E-state index in [9.17, 15) is 4.79 Å². The minimum atomic E-state index is -0.612. The third-order valence-electron chi connectivity index (χ3n) is 2.57. The van der Waals surface area contributed by atoms with Crippen molar-refractivity contribution in [3.63, 3.8) is 0 Å². The van der Waals surface area contributed by atoms with Gasteiger partial charge in [0, 0.05) is 18.0 Å². The van der Waals surface area contributed by atoms with Crippen LogP contribution in [-0.2, 0) is 9.53 Å². The van der Waals surface area contributed by atoms with Crippen LogP contribution in [0.5, 0.6) is 5.75 Å². The molecule has 0 aliphatic rings. The fourth-order valence-corrected chi connectivity index (χ4v) is 1.69. The molecule has 20 heavy (non-hydrogen) atoms. The summed E-state index contributed by atoms with van der Waals surface area (Å²) >= 11 is 0. The second kappa shape index (κ2) is 8.79. The molecule has 0 aliphatic carbocycles. The van der Waals surface area contributed by atoms with E-state index in [0.29, 0.717) is 18.9 Å². The highest BCUT2D eigenvalue weighted by Gasteiger charge is 2.21. The topological polar surface area (TPSA) is 96.3 Å². The van der Waals surface area contributed by atoms with Crippen molar-refractivity contribution in [2.24, 2.45) is 5.11 Å². The number of methoxy groups -OCH3 is 1. The monoisotopic (exact) mass is 278 g/mol. The largest absolute Gasteiger partial charge is 0.497 e. The highest BCUT2D eigenvalue weighted by Crippen LogP contribution is 2.20. The van der Waals surface area contributed by atoms with Crippen LogP contribution in [0.4, 0.5) is 0 Å². The van der Waals surface area contributed by atoms with E-state index in [1.807, 2.05) is 6.07 Å². The van der Waals surface area contributed by atoms with E-state index in [4.69, 9.17) is 15.0 Å². The molecule has 1 rings (SSSR count). The molecule has 0 aromatic heterocycles. The van der Waals surface area contributed by atoms with Crippen molar-refractivity contribution >= 4 is 5.97 Å². The molecule has 1 N–H and O–H groups in total. The molecule has 1 aromatic carbocycles. The van der Waals surface area contributed by atoms with Gasteiger partial charge in [0.15, 0.2) is 0 Å². The quantitative estimate of drug-likeness (QED) is 0.259. The first-order valence-corrected chi connectivity index (χ1v) is 6.27. The van der Waals surface area contributed by atoms with E-state index in [1.54, 1.807) is 32.2 Å². The Morgan fingerprint density at radius 3 is 3.00 bits per heavy atom. The first-order valence-electron chi connectivity index (χ1n) is 6.27. The Kier molecular flexibility index (Phi) is 6.95. The van der Waals surface area contributed by atoms with Crippen molar-refractivity contribution in [2.45, 2.75) is 13.0 Å². The van der Waals surface area contributed by atoms with Crippen LogP contribution in [-0.4, -0.2) is 32.8 Å². The number of carbonyl (C=O) groups excluding carboxylic acids is 1. The van der Waals surface area contributed by atoms with Crippen molar-refractivity contribution in [2.75, 3.05) is 26.8 Å². The smallest absolute Gasteiger partial charge is 0.327 e. The van der Waals surface area contributed by atoms with Gasteiger partial charge in [-0.3, -0.25) is 0 Å². The number of hydrogen-bond acceptors (Lipinski definition) is 5. The molecule has 1 atom stereocenters. The van der Waals surface area contributed by atoms with E-state index >= 15 is 0 Å². The minimum Gasteiger partial charge on any atom is -0.497 e. The summed E-state index contributed by atoms with van der Waals surface area (Å²) in [6.07, 6.45) is 0. The summed E-state index contributed by atoms with van der Waals surface area (Å²) in [5.74, 6) is 0.287. The first-order chi connectivity index (χ1) is 9.72. The molecule has 0 aliphatic heterocycles. The van der Waals surface area contributed by atoms with Gasteiger partial charge in [0.05, 0.1) is 13.7 Å². The highest BCUT2D eigenvalue weighted by molar-refractivity contribution is 5.77. The van der Waals surface area contributed by atoms with Gasteiger partial charge in [0.25, 0.3) is 0 Å². The summed E-state index contributed by atoms with van der Waals surface area (Å²) in [5.41, 5.74) is 8.97. The molecule has 0 saturated carbocycles. The SMILES string of the molecule is CCOC(=O)C(NCCN=[N+]=[N-])c1cccc(OC)c1. The van der Waals surface area contributed by atoms with Gasteiger partial charge in [0.1, 0.15) is 11.8 Å². The molecule has 0 saturated heterocycles. The van der Waals surface area contributed by atoms with E-state index in [1.165, 1.54) is 0 Å². The lowest BCUT2D eigenvalue weighted by molar-refractivity contribution is -0.145. The molecule has 0 amide bonds. The van der Waals surface area contributed by atoms with Crippen molar-refractivity contribution in [3.05, 3.63) is 40.3 Å². The van der Waals surface area contributed by atoms with Gasteiger partial charge in [-0.05, 0) is 30.2 Å². The Bertz CT molecular complexity index is 486. The number of ether oxygens (including phenoxy) is 2. The Morgan fingerprint density at radius 2 is 2.35 bits per heavy atom. The number of carbonyl (C=O) groups is 1. The van der Waals surface area contributed by atoms with Crippen LogP contribution in [0.25, 0.3) is 10.4 Å². The van der Waals surface area contributed by atoms with Crippen LogP contribution in [0.15, 0.2) is 29.4 Å². The molecule has 0 spiro atoms. The summed E-state index contributed by atoms with van der Waals surface area (Å²) in [5, 5.41) is 6.43. The number of esters is 1. The number of nitrogens with zero attached hydrogens (tertiary/aromatic N) is 3. The second-order valence-corrected chi connectivity index (χ2v) is 3.87.